The Labute approximate surface area is 107 Å². The minimum Gasteiger partial charge on any atom is -0.398 e. The third-order valence-electron chi connectivity index (χ3n) is 3.58. The number of aliphatic hydroxyl groups excluding tert-OH is 1. The summed E-state index contributed by atoms with van der Waals surface area (Å²) in [6.07, 6.45) is 3.37. The molecule has 3 nitrogen and oxygen atoms in total. The van der Waals surface area contributed by atoms with Crippen molar-refractivity contribution in [3.05, 3.63) is 22.7 Å². The van der Waals surface area contributed by atoms with Gasteiger partial charge in [0.1, 0.15) is 0 Å². The number of hydrogen-bond donors (Lipinski definition) is 3. The second-order valence-corrected chi connectivity index (χ2v) is 5.22. The van der Waals surface area contributed by atoms with Crippen LogP contribution in [0.2, 0.25) is 5.02 Å². The molecule has 1 fully saturated rings. The molecule has 2 rings (SSSR count). The molecule has 1 aromatic carbocycles. The first kappa shape index (κ1) is 12.5. The van der Waals surface area contributed by atoms with E-state index in [2.05, 4.69) is 5.32 Å². The molecule has 1 saturated carbocycles. The van der Waals surface area contributed by atoms with Crippen LogP contribution in [0.5, 0.6) is 0 Å². The maximum atomic E-state index is 9.30. The predicted octanol–water partition coefficient (Wildman–Crippen LogP) is 2.80. The fourth-order valence-electron chi connectivity index (χ4n) is 2.50. The number of anilines is 2. The molecule has 4 N–H and O–H groups in total. The summed E-state index contributed by atoms with van der Waals surface area (Å²) in [5.41, 5.74) is 8.48. The highest BCUT2D eigenvalue weighted by Gasteiger charge is 2.26. The molecule has 1 aliphatic carbocycles. The number of benzene rings is 1. The standard InChI is InChI=1S/C13H19ClN2O/c1-8-5-11(15)10(14)6-13(8)16-12-4-2-3-9(12)7-17/h5-6,9,12,16-17H,2-4,7,15H2,1H3. The SMILES string of the molecule is Cc1cc(N)c(Cl)cc1NC1CCCC1CO. The molecule has 1 aromatic rings. The Morgan fingerprint density at radius 3 is 2.94 bits per heavy atom. The second kappa shape index (κ2) is 5.15. The summed E-state index contributed by atoms with van der Waals surface area (Å²) in [7, 11) is 0. The number of rotatable bonds is 3. The van der Waals surface area contributed by atoms with Gasteiger partial charge in [0.15, 0.2) is 0 Å². The predicted molar refractivity (Wildman–Crippen MR) is 72.4 cm³/mol. The van der Waals surface area contributed by atoms with Gasteiger partial charge in [-0.1, -0.05) is 18.0 Å². The highest BCUT2D eigenvalue weighted by Crippen LogP contribution is 2.32. The van der Waals surface area contributed by atoms with Crippen molar-refractivity contribution in [1.82, 2.24) is 0 Å². The molecule has 17 heavy (non-hydrogen) atoms. The Bertz CT molecular complexity index is 409. The molecular formula is C13H19ClN2O. The van der Waals surface area contributed by atoms with E-state index in [0.29, 0.717) is 22.7 Å². The van der Waals surface area contributed by atoms with Gasteiger partial charge in [0, 0.05) is 24.3 Å². The molecule has 0 saturated heterocycles. The summed E-state index contributed by atoms with van der Waals surface area (Å²) in [4.78, 5) is 0. The van der Waals surface area contributed by atoms with Gasteiger partial charge in [0.05, 0.1) is 10.7 Å². The molecular weight excluding hydrogens is 236 g/mol. The quantitative estimate of drug-likeness (QED) is 0.727. The van der Waals surface area contributed by atoms with Crippen LogP contribution in [0.25, 0.3) is 0 Å². The second-order valence-electron chi connectivity index (χ2n) is 4.81. The van der Waals surface area contributed by atoms with Crippen LogP contribution in [0.15, 0.2) is 12.1 Å². The van der Waals surface area contributed by atoms with Crippen LogP contribution in [0.3, 0.4) is 0 Å². The first-order chi connectivity index (χ1) is 8.11. The minimum atomic E-state index is 0.249. The average Bonchev–Trinajstić information content (AvgIpc) is 2.73. The van der Waals surface area contributed by atoms with Crippen LogP contribution in [0, 0.1) is 12.8 Å². The van der Waals surface area contributed by atoms with Crippen molar-refractivity contribution in [3.8, 4) is 0 Å². The van der Waals surface area contributed by atoms with Crippen molar-refractivity contribution in [3.63, 3.8) is 0 Å². The molecule has 0 radical (unpaired) electrons. The molecule has 0 heterocycles. The van der Waals surface area contributed by atoms with Crippen molar-refractivity contribution in [1.29, 1.82) is 0 Å². The fraction of sp³-hybridized carbons (Fsp3) is 0.538. The lowest BCUT2D eigenvalue weighted by atomic mass is 10.0. The molecule has 0 aliphatic heterocycles. The monoisotopic (exact) mass is 254 g/mol. The third kappa shape index (κ3) is 2.67. The van der Waals surface area contributed by atoms with Crippen molar-refractivity contribution < 1.29 is 5.11 Å². The van der Waals surface area contributed by atoms with Gasteiger partial charge in [-0.2, -0.15) is 0 Å². The van der Waals surface area contributed by atoms with Gasteiger partial charge >= 0.3 is 0 Å². The lowest BCUT2D eigenvalue weighted by Gasteiger charge is -2.22. The van der Waals surface area contributed by atoms with E-state index in [9.17, 15) is 5.11 Å². The number of halogens is 1. The lowest BCUT2D eigenvalue weighted by Crippen LogP contribution is -2.26. The molecule has 1 aliphatic rings. The average molecular weight is 255 g/mol. The largest absolute Gasteiger partial charge is 0.398 e. The summed E-state index contributed by atoms with van der Waals surface area (Å²) in [6, 6.07) is 4.10. The molecule has 0 spiro atoms. The Kier molecular flexibility index (Phi) is 3.79. The molecule has 0 aromatic heterocycles. The van der Waals surface area contributed by atoms with E-state index >= 15 is 0 Å². The number of nitrogens with one attached hydrogen (secondary N) is 1. The van der Waals surface area contributed by atoms with Gasteiger partial charge in [-0.3, -0.25) is 0 Å². The van der Waals surface area contributed by atoms with Crippen LogP contribution < -0.4 is 11.1 Å². The Balaban J connectivity index is 2.15. The van der Waals surface area contributed by atoms with Crippen LogP contribution in [-0.2, 0) is 0 Å². The molecule has 2 atom stereocenters. The van der Waals surface area contributed by atoms with E-state index in [1.54, 1.807) is 0 Å². The summed E-state index contributed by atoms with van der Waals surface area (Å²) in [5, 5.41) is 13.4. The number of nitrogens with two attached hydrogens (primary N) is 1. The first-order valence-corrected chi connectivity index (χ1v) is 6.42. The Morgan fingerprint density at radius 1 is 1.47 bits per heavy atom. The number of nitrogen functional groups attached to an aromatic ring is 1. The van der Waals surface area contributed by atoms with Crippen LogP contribution >= 0.6 is 11.6 Å². The fourth-order valence-corrected chi connectivity index (χ4v) is 2.67. The van der Waals surface area contributed by atoms with Crippen molar-refractivity contribution >= 4 is 23.0 Å². The molecule has 2 unspecified atom stereocenters. The van der Waals surface area contributed by atoms with Gasteiger partial charge in [-0.05, 0) is 37.5 Å². The highest BCUT2D eigenvalue weighted by atomic mass is 35.5. The highest BCUT2D eigenvalue weighted by molar-refractivity contribution is 6.33. The Hall–Kier alpha value is -0.930. The van der Waals surface area contributed by atoms with Crippen molar-refractivity contribution in [2.45, 2.75) is 32.2 Å². The topological polar surface area (TPSA) is 58.3 Å². The summed E-state index contributed by atoms with van der Waals surface area (Å²) >= 11 is 6.03. The maximum Gasteiger partial charge on any atom is 0.0656 e. The van der Waals surface area contributed by atoms with E-state index in [1.165, 1.54) is 6.42 Å². The zero-order chi connectivity index (χ0) is 12.4. The number of hydrogen-bond acceptors (Lipinski definition) is 3. The first-order valence-electron chi connectivity index (χ1n) is 6.05. The maximum absolute atomic E-state index is 9.30. The minimum absolute atomic E-state index is 0.249. The lowest BCUT2D eigenvalue weighted by molar-refractivity contribution is 0.222. The van der Waals surface area contributed by atoms with Crippen LogP contribution in [0.1, 0.15) is 24.8 Å². The summed E-state index contributed by atoms with van der Waals surface area (Å²) < 4.78 is 0. The number of aryl methyl sites for hydroxylation is 1. The van der Waals surface area contributed by atoms with Crippen LogP contribution in [-0.4, -0.2) is 17.8 Å². The Morgan fingerprint density at radius 2 is 2.24 bits per heavy atom. The van der Waals surface area contributed by atoms with E-state index in [0.717, 1.165) is 24.1 Å². The zero-order valence-corrected chi connectivity index (χ0v) is 10.8. The van der Waals surface area contributed by atoms with E-state index in [1.807, 2.05) is 19.1 Å². The van der Waals surface area contributed by atoms with Gasteiger partial charge in [-0.15, -0.1) is 0 Å². The van der Waals surface area contributed by atoms with Gasteiger partial charge in [-0.25, -0.2) is 0 Å². The zero-order valence-electron chi connectivity index (χ0n) is 10.0. The van der Waals surface area contributed by atoms with Gasteiger partial charge in [0.25, 0.3) is 0 Å². The molecule has 0 amide bonds. The van der Waals surface area contributed by atoms with Crippen LogP contribution in [0.4, 0.5) is 11.4 Å². The summed E-state index contributed by atoms with van der Waals surface area (Å²) in [6.45, 7) is 2.26. The van der Waals surface area contributed by atoms with Gasteiger partial charge in [0.2, 0.25) is 0 Å². The molecule has 94 valence electrons. The normalized spacial score (nSPS) is 23.9. The van der Waals surface area contributed by atoms with Crippen molar-refractivity contribution in [2.75, 3.05) is 17.7 Å². The van der Waals surface area contributed by atoms with Crippen molar-refractivity contribution in [2.24, 2.45) is 5.92 Å². The van der Waals surface area contributed by atoms with Gasteiger partial charge < -0.3 is 16.2 Å². The number of aliphatic hydroxyl groups is 1. The molecule has 4 heteroatoms. The van der Waals surface area contributed by atoms with E-state index in [-0.39, 0.29) is 6.61 Å². The third-order valence-corrected chi connectivity index (χ3v) is 3.91. The smallest absolute Gasteiger partial charge is 0.0656 e. The van der Waals surface area contributed by atoms with E-state index < -0.39 is 0 Å². The summed E-state index contributed by atoms with van der Waals surface area (Å²) in [5.74, 6) is 0.353. The molecule has 0 bridgehead atoms. The van der Waals surface area contributed by atoms with E-state index in [4.69, 9.17) is 17.3 Å².